The first-order chi connectivity index (χ1) is 9.45. The summed E-state index contributed by atoms with van der Waals surface area (Å²) < 4.78 is 4.62. The zero-order valence-electron chi connectivity index (χ0n) is 13.4. The summed E-state index contributed by atoms with van der Waals surface area (Å²) in [6.07, 6.45) is 1.22. The molecule has 0 amide bonds. The summed E-state index contributed by atoms with van der Waals surface area (Å²) in [7, 11) is 3.94. The standard InChI is InChI=1S/C16H25N3S/c1-11(2)7-8-19-12(3)9-14(13(19)4)15-10-20-16(17-5)18(15)6/h9-11H,7-8H2,1-6H3. The Bertz CT molecular complexity index is 656. The highest BCUT2D eigenvalue weighted by Crippen LogP contribution is 2.27. The highest BCUT2D eigenvalue weighted by molar-refractivity contribution is 7.07. The molecule has 0 atom stereocenters. The van der Waals surface area contributed by atoms with Crippen LogP contribution in [-0.2, 0) is 13.6 Å². The fraction of sp³-hybridized carbons (Fsp3) is 0.562. The molecule has 2 aromatic rings. The second kappa shape index (κ2) is 6.00. The van der Waals surface area contributed by atoms with E-state index in [0.29, 0.717) is 0 Å². The lowest BCUT2D eigenvalue weighted by molar-refractivity contribution is 0.507. The van der Waals surface area contributed by atoms with E-state index in [2.05, 4.69) is 60.3 Å². The van der Waals surface area contributed by atoms with Gasteiger partial charge in [0.2, 0.25) is 0 Å². The van der Waals surface area contributed by atoms with Crippen molar-refractivity contribution in [3.05, 3.63) is 27.6 Å². The highest BCUT2D eigenvalue weighted by atomic mass is 32.1. The molecule has 0 bridgehead atoms. The molecule has 0 spiro atoms. The third-order valence-electron chi connectivity index (χ3n) is 3.90. The Hall–Kier alpha value is -1.29. The molecule has 0 aliphatic carbocycles. The predicted octanol–water partition coefficient (Wildman–Crippen LogP) is 3.75. The molecule has 4 heteroatoms. The van der Waals surface area contributed by atoms with Gasteiger partial charge in [-0.05, 0) is 32.3 Å². The van der Waals surface area contributed by atoms with Crippen molar-refractivity contribution in [2.75, 3.05) is 7.05 Å². The summed E-state index contributed by atoms with van der Waals surface area (Å²) in [4.78, 5) is 5.37. The minimum Gasteiger partial charge on any atom is -0.348 e. The van der Waals surface area contributed by atoms with E-state index >= 15 is 0 Å². The second-order valence-electron chi connectivity index (χ2n) is 5.81. The van der Waals surface area contributed by atoms with Gasteiger partial charge in [0.15, 0.2) is 4.80 Å². The number of nitrogens with zero attached hydrogens (tertiary/aromatic N) is 3. The summed E-state index contributed by atoms with van der Waals surface area (Å²) in [5, 5.41) is 2.21. The van der Waals surface area contributed by atoms with Crippen LogP contribution in [0.5, 0.6) is 0 Å². The van der Waals surface area contributed by atoms with Crippen molar-refractivity contribution >= 4 is 11.3 Å². The van der Waals surface area contributed by atoms with Gasteiger partial charge in [0.1, 0.15) is 0 Å². The minimum atomic E-state index is 0.738. The summed E-state index contributed by atoms with van der Waals surface area (Å²) in [5.41, 5.74) is 5.30. The van der Waals surface area contributed by atoms with Gasteiger partial charge >= 0.3 is 0 Å². The Morgan fingerprint density at radius 1 is 1.30 bits per heavy atom. The molecule has 0 saturated carbocycles. The molecule has 110 valence electrons. The summed E-state index contributed by atoms with van der Waals surface area (Å²) in [6, 6.07) is 2.30. The van der Waals surface area contributed by atoms with Crippen LogP contribution in [0.1, 0.15) is 31.7 Å². The van der Waals surface area contributed by atoms with E-state index in [1.807, 2.05) is 7.05 Å². The van der Waals surface area contributed by atoms with Gasteiger partial charge < -0.3 is 9.13 Å². The maximum absolute atomic E-state index is 4.31. The van der Waals surface area contributed by atoms with E-state index in [-0.39, 0.29) is 0 Å². The monoisotopic (exact) mass is 291 g/mol. The number of aromatic nitrogens is 2. The van der Waals surface area contributed by atoms with E-state index in [1.54, 1.807) is 11.3 Å². The number of thiazole rings is 1. The van der Waals surface area contributed by atoms with Gasteiger partial charge in [-0.25, -0.2) is 0 Å². The largest absolute Gasteiger partial charge is 0.348 e. The lowest BCUT2D eigenvalue weighted by atomic mass is 10.1. The SMILES string of the molecule is CN=c1scc(-c2cc(C)n(CCC(C)C)c2C)n1C. The maximum Gasteiger partial charge on any atom is 0.184 e. The highest BCUT2D eigenvalue weighted by Gasteiger charge is 2.14. The van der Waals surface area contributed by atoms with Crippen molar-refractivity contribution in [3.63, 3.8) is 0 Å². The molecule has 0 unspecified atom stereocenters. The summed E-state index contributed by atoms with van der Waals surface area (Å²) >= 11 is 1.70. The molecule has 20 heavy (non-hydrogen) atoms. The van der Waals surface area contributed by atoms with Gasteiger partial charge in [-0.1, -0.05) is 13.8 Å². The molecule has 2 aromatic heterocycles. The van der Waals surface area contributed by atoms with E-state index in [4.69, 9.17) is 0 Å². The van der Waals surface area contributed by atoms with Gasteiger partial charge in [0.25, 0.3) is 0 Å². The molecular weight excluding hydrogens is 266 g/mol. The number of rotatable bonds is 4. The van der Waals surface area contributed by atoms with Crippen LogP contribution in [0.15, 0.2) is 16.4 Å². The van der Waals surface area contributed by atoms with E-state index in [9.17, 15) is 0 Å². The van der Waals surface area contributed by atoms with Crippen molar-refractivity contribution in [3.8, 4) is 11.3 Å². The van der Waals surface area contributed by atoms with Crippen molar-refractivity contribution in [2.45, 2.75) is 40.7 Å². The first-order valence-electron chi connectivity index (χ1n) is 7.20. The molecule has 2 rings (SSSR count). The molecule has 0 fully saturated rings. The predicted molar refractivity (Wildman–Crippen MR) is 87.1 cm³/mol. The number of hydrogen-bond acceptors (Lipinski definition) is 2. The van der Waals surface area contributed by atoms with Crippen molar-refractivity contribution < 1.29 is 0 Å². The van der Waals surface area contributed by atoms with Crippen molar-refractivity contribution in [1.82, 2.24) is 9.13 Å². The quantitative estimate of drug-likeness (QED) is 0.818. The van der Waals surface area contributed by atoms with E-state index in [0.717, 1.165) is 17.3 Å². The van der Waals surface area contributed by atoms with Crippen LogP contribution in [0.25, 0.3) is 11.3 Å². The maximum atomic E-state index is 4.31. The molecule has 0 saturated heterocycles. The average Bonchev–Trinajstić information content (AvgIpc) is 2.88. The topological polar surface area (TPSA) is 22.2 Å². The minimum absolute atomic E-state index is 0.738. The third-order valence-corrected chi connectivity index (χ3v) is 4.90. The van der Waals surface area contributed by atoms with Gasteiger partial charge in [-0.15, -0.1) is 11.3 Å². The van der Waals surface area contributed by atoms with Crippen LogP contribution < -0.4 is 4.80 Å². The molecule has 0 aliphatic heterocycles. The average molecular weight is 291 g/mol. The Morgan fingerprint density at radius 3 is 2.55 bits per heavy atom. The number of hydrogen-bond donors (Lipinski definition) is 0. The van der Waals surface area contributed by atoms with Crippen LogP contribution >= 0.6 is 11.3 Å². The Labute approximate surface area is 125 Å². The summed E-state index contributed by atoms with van der Waals surface area (Å²) in [6.45, 7) is 10.1. The molecule has 0 aromatic carbocycles. The zero-order valence-corrected chi connectivity index (χ0v) is 14.2. The van der Waals surface area contributed by atoms with Crippen LogP contribution in [0, 0.1) is 19.8 Å². The van der Waals surface area contributed by atoms with Gasteiger partial charge in [-0.2, -0.15) is 0 Å². The Kier molecular flexibility index (Phi) is 4.53. The van der Waals surface area contributed by atoms with Gasteiger partial charge in [0, 0.05) is 43.0 Å². The Balaban J connectivity index is 2.43. The smallest absolute Gasteiger partial charge is 0.184 e. The second-order valence-corrected chi connectivity index (χ2v) is 6.64. The van der Waals surface area contributed by atoms with Crippen LogP contribution in [-0.4, -0.2) is 16.2 Å². The van der Waals surface area contributed by atoms with Crippen LogP contribution in [0.2, 0.25) is 0 Å². The van der Waals surface area contributed by atoms with Crippen LogP contribution in [0.3, 0.4) is 0 Å². The molecule has 0 radical (unpaired) electrons. The number of aryl methyl sites for hydroxylation is 1. The first-order valence-corrected chi connectivity index (χ1v) is 8.08. The van der Waals surface area contributed by atoms with Crippen molar-refractivity contribution in [2.24, 2.45) is 18.0 Å². The third kappa shape index (κ3) is 2.75. The molecule has 2 heterocycles. The molecule has 3 nitrogen and oxygen atoms in total. The van der Waals surface area contributed by atoms with Crippen molar-refractivity contribution in [1.29, 1.82) is 0 Å². The van der Waals surface area contributed by atoms with Crippen LogP contribution in [0.4, 0.5) is 0 Å². The fourth-order valence-electron chi connectivity index (χ4n) is 2.61. The normalized spacial score (nSPS) is 12.7. The zero-order chi connectivity index (χ0) is 14.9. The summed E-state index contributed by atoms with van der Waals surface area (Å²) in [5.74, 6) is 0.738. The first kappa shape index (κ1) is 15.1. The lowest BCUT2D eigenvalue weighted by Gasteiger charge is -2.11. The molecule has 0 N–H and O–H groups in total. The molecule has 0 aliphatic rings. The fourth-order valence-corrected chi connectivity index (χ4v) is 3.47. The van der Waals surface area contributed by atoms with Gasteiger partial charge in [-0.3, -0.25) is 4.99 Å². The van der Waals surface area contributed by atoms with Gasteiger partial charge in [0.05, 0.1) is 5.69 Å². The van der Waals surface area contributed by atoms with E-state index < -0.39 is 0 Å². The molecular formula is C16H25N3S. The van der Waals surface area contributed by atoms with E-state index in [1.165, 1.54) is 29.1 Å². The lowest BCUT2D eigenvalue weighted by Crippen LogP contribution is -2.11. The Morgan fingerprint density at radius 2 is 2.00 bits per heavy atom.